The van der Waals surface area contributed by atoms with Crippen LogP contribution in [0, 0.1) is 0 Å². The minimum absolute atomic E-state index is 0.392. The van der Waals surface area contributed by atoms with Crippen LogP contribution in [0.1, 0.15) is 36.5 Å². The number of halogens is 3. The second-order valence-corrected chi connectivity index (χ2v) is 6.42. The van der Waals surface area contributed by atoms with Gasteiger partial charge in [0.1, 0.15) is 0 Å². The van der Waals surface area contributed by atoms with Gasteiger partial charge in [-0.15, -0.1) is 11.3 Å². The molecule has 2 aromatic rings. The Labute approximate surface area is 141 Å². The van der Waals surface area contributed by atoms with Crippen LogP contribution in [0.15, 0.2) is 29.9 Å². The third-order valence-electron chi connectivity index (χ3n) is 3.71. The lowest BCUT2D eigenvalue weighted by Gasteiger charge is -2.30. The standard InChI is InChI=1S/C15H18F3N3O2S/c1-3-10(11-5-4-8-24-11)20-12(22)9-14(23,15(16,17)18)13-19-6-7-21(13)2/h4-8,10,23H,3,9H2,1-2H3,(H,20,22). The van der Waals surface area contributed by atoms with Crippen molar-refractivity contribution in [2.24, 2.45) is 7.05 Å². The number of carbonyl (C=O) groups excluding carboxylic acids is 1. The van der Waals surface area contributed by atoms with E-state index >= 15 is 0 Å². The van der Waals surface area contributed by atoms with Crippen molar-refractivity contribution in [3.8, 4) is 0 Å². The van der Waals surface area contributed by atoms with Gasteiger partial charge in [0.25, 0.3) is 0 Å². The average Bonchev–Trinajstić information content (AvgIpc) is 3.14. The van der Waals surface area contributed by atoms with Crippen molar-refractivity contribution in [3.05, 3.63) is 40.6 Å². The number of aliphatic hydroxyl groups is 1. The molecule has 0 aromatic carbocycles. The molecule has 2 rings (SSSR count). The Balaban J connectivity index is 2.21. The summed E-state index contributed by atoms with van der Waals surface area (Å²) in [6.07, 6.45) is -3.23. The number of alkyl halides is 3. The highest BCUT2D eigenvalue weighted by Gasteiger charge is 2.58. The fourth-order valence-corrected chi connectivity index (χ4v) is 3.27. The lowest BCUT2D eigenvalue weighted by molar-refractivity contribution is -0.271. The Morgan fingerprint density at radius 2 is 2.21 bits per heavy atom. The molecular formula is C15H18F3N3O2S. The first-order valence-corrected chi connectivity index (χ1v) is 8.16. The van der Waals surface area contributed by atoms with Crippen LogP contribution >= 0.6 is 11.3 Å². The Kier molecular flexibility index (Phi) is 5.34. The molecule has 0 aliphatic rings. The number of aryl methyl sites for hydroxylation is 1. The Morgan fingerprint density at radius 1 is 1.50 bits per heavy atom. The first-order chi connectivity index (χ1) is 11.2. The van der Waals surface area contributed by atoms with Gasteiger partial charge < -0.3 is 15.0 Å². The molecule has 0 aliphatic carbocycles. The van der Waals surface area contributed by atoms with Crippen LogP contribution in [-0.2, 0) is 17.4 Å². The second-order valence-electron chi connectivity index (χ2n) is 5.44. The first kappa shape index (κ1) is 18.5. The fourth-order valence-electron chi connectivity index (χ4n) is 2.41. The Hall–Kier alpha value is -1.87. The van der Waals surface area contributed by atoms with E-state index in [0.717, 1.165) is 15.6 Å². The molecule has 0 bridgehead atoms. The van der Waals surface area contributed by atoms with Crippen molar-refractivity contribution in [2.75, 3.05) is 0 Å². The number of amides is 1. The van der Waals surface area contributed by atoms with Gasteiger partial charge >= 0.3 is 6.18 Å². The molecule has 5 nitrogen and oxygen atoms in total. The van der Waals surface area contributed by atoms with Gasteiger partial charge in [-0.3, -0.25) is 4.79 Å². The van der Waals surface area contributed by atoms with Crippen LogP contribution in [0.3, 0.4) is 0 Å². The molecule has 0 aliphatic heterocycles. The molecule has 2 aromatic heterocycles. The first-order valence-electron chi connectivity index (χ1n) is 7.28. The van der Waals surface area contributed by atoms with E-state index in [-0.39, 0.29) is 0 Å². The largest absolute Gasteiger partial charge is 0.425 e. The van der Waals surface area contributed by atoms with Gasteiger partial charge in [-0.05, 0) is 17.9 Å². The summed E-state index contributed by atoms with van der Waals surface area (Å²) in [5.74, 6) is -1.51. The zero-order chi connectivity index (χ0) is 18.0. The maximum absolute atomic E-state index is 13.4. The predicted octanol–water partition coefficient (Wildman–Crippen LogP) is 2.89. The highest BCUT2D eigenvalue weighted by Crippen LogP contribution is 2.40. The van der Waals surface area contributed by atoms with Crippen LogP contribution in [0.2, 0.25) is 0 Å². The van der Waals surface area contributed by atoms with Crippen molar-refractivity contribution in [3.63, 3.8) is 0 Å². The molecule has 2 heterocycles. The molecule has 0 fully saturated rings. The molecule has 24 heavy (non-hydrogen) atoms. The molecule has 0 saturated heterocycles. The summed E-state index contributed by atoms with van der Waals surface area (Å²) in [6, 6.07) is 3.21. The van der Waals surface area contributed by atoms with E-state index in [9.17, 15) is 23.1 Å². The summed E-state index contributed by atoms with van der Waals surface area (Å²) < 4.78 is 41.3. The normalized spacial score (nSPS) is 15.8. The van der Waals surface area contributed by atoms with Gasteiger partial charge in [-0.25, -0.2) is 4.98 Å². The number of hydrogen-bond acceptors (Lipinski definition) is 4. The topological polar surface area (TPSA) is 67.2 Å². The van der Waals surface area contributed by atoms with Crippen molar-refractivity contribution in [1.82, 2.24) is 14.9 Å². The van der Waals surface area contributed by atoms with Crippen molar-refractivity contribution >= 4 is 17.2 Å². The fraction of sp³-hybridized carbons (Fsp3) is 0.467. The number of hydrogen-bond donors (Lipinski definition) is 2. The van der Waals surface area contributed by atoms with Crippen LogP contribution in [0.25, 0.3) is 0 Å². The number of thiophene rings is 1. The van der Waals surface area contributed by atoms with Crippen molar-refractivity contribution < 1.29 is 23.1 Å². The maximum Gasteiger partial charge on any atom is 0.425 e. The highest BCUT2D eigenvalue weighted by atomic mass is 32.1. The third kappa shape index (κ3) is 3.62. The summed E-state index contributed by atoms with van der Waals surface area (Å²) in [4.78, 5) is 16.6. The summed E-state index contributed by atoms with van der Waals surface area (Å²) in [5, 5.41) is 14.6. The molecular weight excluding hydrogens is 343 g/mol. The van der Waals surface area contributed by atoms with E-state index in [1.54, 1.807) is 12.1 Å². The lowest BCUT2D eigenvalue weighted by atomic mass is 9.96. The van der Waals surface area contributed by atoms with Crippen molar-refractivity contribution in [1.29, 1.82) is 0 Å². The van der Waals surface area contributed by atoms with Crippen LogP contribution < -0.4 is 5.32 Å². The lowest BCUT2D eigenvalue weighted by Crippen LogP contribution is -2.48. The highest BCUT2D eigenvalue weighted by molar-refractivity contribution is 7.10. The predicted molar refractivity (Wildman–Crippen MR) is 83.3 cm³/mol. The summed E-state index contributed by atoms with van der Waals surface area (Å²) in [6.45, 7) is 1.82. The second kappa shape index (κ2) is 6.94. The van der Waals surface area contributed by atoms with E-state index in [1.165, 1.54) is 24.6 Å². The van der Waals surface area contributed by atoms with E-state index in [1.807, 2.05) is 12.3 Å². The average molecular weight is 361 g/mol. The summed E-state index contributed by atoms with van der Waals surface area (Å²) in [5.41, 5.74) is -3.34. The van der Waals surface area contributed by atoms with E-state index in [2.05, 4.69) is 10.3 Å². The zero-order valence-corrected chi connectivity index (χ0v) is 14.0. The van der Waals surface area contributed by atoms with E-state index < -0.39 is 36.0 Å². The minimum atomic E-state index is -5.03. The maximum atomic E-state index is 13.4. The van der Waals surface area contributed by atoms with Crippen molar-refractivity contribution in [2.45, 2.75) is 37.6 Å². The molecule has 1 amide bonds. The smallest absolute Gasteiger partial charge is 0.374 e. The third-order valence-corrected chi connectivity index (χ3v) is 4.69. The monoisotopic (exact) mass is 361 g/mol. The summed E-state index contributed by atoms with van der Waals surface area (Å²) in [7, 11) is 1.33. The molecule has 2 unspecified atom stereocenters. The molecule has 132 valence electrons. The Bertz CT molecular complexity index is 684. The van der Waals surface area contributed by atoms with Gasteiger partial charge in [-0.1, -0.05) is 13.0 Å². The van der Waals surface area contributed by atoms with E-state index in [0.29, 0.717) is 6.42 Å². The van der Waals surface area contributed by atoms with Gasteiger partial charge in [0, 0.05) is 24.3 Å². The number of rotatable bonds is 6. The van der Waals surface area contributed by atoms with Crippen LogP contribution in [0.4, 0.5) is 13.2 Å². The minimum Gasteiger partial charge on any atom is -0.374 e. The molecule has 0 radical (unpaired) electrons. The Morgan fingerprint density at radius 3 is 2.67 bits per heavy atom. The van der Waals surface area contributed by atoms with Gasteiger partial charge in [0.15, 0.2) is 5.82 Å². The quantitative estimate of drug-likeness (QED) is 0.831. The number of nitrogens with zero attached hydrogens (tertiary/aromatic N) is 2. The van der Waals surface area contributed by atoms with Gasteiger partial charge in [0.05, 0.1) is 12.5 Å². The SMILES string of the molecule is CCC(NC(=O)CC(O)(c1nccn1C)C(F)(F)F)c1cccs1. The zero-order valence-electron chi connectivity index (χ0n) is 13.2. The molecule has 0 saturated carbocycles. The number of aromatic nitrogens is 2. The molecule has 9 heteroatoms. The van der Waals surface area contributed by atoms with Gasteiger partial charge in [0.2, 0.25) is 11.5 Å². The molecule has 2 N–H and O–H groups in total. The van der Waals surface area contributed by atoms with Crippen LogP contribution in [0.5, 0.6) is 0 Å². The summed E-state index contributed by atoms with van der Waals surface area (Å²) >= 11 is 1.41. The molecule has 2 atom stereocenters. The molecule has 0 spiro atoms. The van der Waals surface area contributed by atoms with Gasteiger partial charge in [-0.2, -0.15) is 13.2 Å². The van der Waals surface area contributed by atoms with E-state index in [4.69, 9.17) is 0 Å². The van der Waals surface area contributed by atoms with Crippen LogP contribution in [-0.4, -0.2) is 26.7 Å². The number of nitrogens with one attached hydrogen (secondary N) is 1. The number of carbonyl (C=O) groups is 1. The number of imidazole rings is 1.